The Kier molecular flexibility index (Phi) is 5.60. The Balaban J connectivity index is 1.62. The van der Waals surface area contributed by atoms with E-state index in [4.69, 9.17) is 11.6 Å². The number of fused-ring (bicyclic) bond motifs is 1. The third-order valence-corrected chi connectivity index (χ3v) is 5.23. The summed E-state index contributed by atoms with van der Waals surface area (Å²) in [6.45, 7) is 4.05. The zero-order valence-electron chi connectivity index (χ0n) is 17.1. The molecule has 0 bridgehead atoms. The topological polar surface area (TPSA) is 74.7 Å². The first kappa shape index (κ1) is 21.8. The van der Waals surface area contributed by atoms with Crippen molar-refractivity contribution in [1.29, 1.82) is 0 Å². The molecule has 4 rings (SSSR count). The molecule has 2 heterocycles. The highest BCUT2D eigenvalue weighted by atomic mass is 35.5. The van der Waals surface area contributed by atoms with Crippen LogP contribution in [0.2, 0.25) is 5.02 Å². The van der Waals surface area contributed by atoms with E-state index in [9.17, 15) is 18.0 Å². The smallest absolute Gasteiger partial charge is 0.359 e. The van der Waals surface area contributed by atoms with E-state index in [0.29, 0.717) is 5.69 Å². The maximum absolute atomic E-state index is 12.9. The number of H-pyrrole nitrogens is 1. The van der Waals surface area contributed by atoms with Crippen LogP contribution in [0.3, 0.4) is 0 Å². The summed E-state index contributed by atoms with van der Waals surface area (Å²) < 4.78 is 40.5. The molecule has 166 valence electrons. The zero-order valence-corrected chi connectivity index (χ0v) is 17.8. The normalized spacial score (nSPS) is 11.8. The van der Waals surface area contributed by atoms with Crippen molar-refractivity contribution < 1.29 is 18.0 Å². The first-order valence-corrected chi connectivity index (χ1v) is 10.1. The molecule has 4 aromatic rings. The maximum Gasteiger partial charge on any atom is 0.417 e. The number of hydrogen-bond acceptors (Lipinski definition) is 2. The highest BCUT2D eigenvalue weighted by Gasteiger charge is 2.33. The number of aromatic amines is 1. The molecule has 0 atom stereocenters. The van der Waals surface area contributed by atoms with Gasteiger partial charge in [-0.2, -0.15) is 18.3 Å². The Morgan fingerprint density at radius 3 is 2.62 bits per heavy atom. The molecular weight excluding hydrogens is 443 g/mol. The number of rotatable bonds is 4. The lowest BCUT2D eigenvalue weighted by atomic mass is 10.1. The number of benzene rings is 2. The minimum atomic E-state index is -4.57. The van der Waals surface area contributed by atoms with Gasteiger partial charge in [-0.05, 0) is 44.2 Å². The van der Waals surface area contributed by atoms with Crippen molar-refractivity contribution in [3.05, 3.63) is 65.4 Å². The summed E-state index contributed by atoms with van der Waals surface area (Å²) >= 11 is 5.73. The number of nitrogens with one attached hydrogen (secondary N) is 3. The molecular formula is C22H19ClF3N5O. The molecule has 6 nitrogen and oxygen atoms in total. The summed E-state index contributed by atoms with van der Waals surface area (Å²) in [5, 5.41) is 9.94. The van der Waals surface area contributed by atoms with Crippen LogP contribution in [-0.4, -0.2) is 20.8 Å². The summed E-state index contributed by atoms with van der Waals surface area (Å²) in [4.78, 5) is 15.7. The molecule has 0 saturated heterocycles. The fourth-order valence-electron chi connectivity index (χ4n) is 3.54. The fourth-order valence-corrected chi connectivity index (χ4v) is 3.83. The monoisotopic (exact) mass is 461 g/mol. The number of amides is 2. The van der Waals surface area contributed by atoms with Gasteiger partial charge in [0.15, 0.2) is 0 Å². The van der Waals surface area contributed by atoms with E-state index < -0.39 is 22.8 Å². The average Bonchev–Trinajstić information content (AvgIpc) is 3.34. The van der Waals surface area contributed by atoms with Gasteiger partial charge in [-0.3, -0.25) is 4.68 Å². The number of carbonyl (C=O) groups is 1. The summed E-state index contributed by atoms with van der Waals surface area (Å²) in [6.07, 6.45) is -1.20. The Morgan fingerprint density at radius 1 is 1.16 bits per heavy atom. The minimum Gasteiger partial charge on any atom is -0.359 e. The Hall–Kier alpha value is -3.46. The number of urea groups is 1. The number of halogens is 4. The Bertz CT molecular complexity index is 1290. The predicted molar refractivity (Wildman–Crippen MR) is 119 cm³/mol. The van der Waals surface area contributed by atoms with E-state index in [0.717, 1.165) is 40.4 Å². The number of carbonyl (C=O) groups excluding carboxylic acids is 1. The second-order valence-electron chi connectivity index (χ2n) is 7.46. The van der Waals surface area contributed by atoms with Gasteiger partial charge >= 0.3 is 12.2 Å². The summed E-state index contributed by atoms with van der Waals surface area (Å²) in [5.41, 5.74) is 2.27. The molecule has 10 heteroatoms. The Morgan fingerprint density at radius 2 is 1.94 bits per heavy atom. The number of aromatic nitrogens is 3. The van der Waals surface area contributed by atoms with Crippen molar-refractivity contribution in [2.45, 2.75) is 26.1 Å². The molecule has 0 fully saturated rings. The van der Waals surface area contributed by atoms with E-state index in [2.05, 4.69) is 20.7 Å². The molecule has 0 aliphatic carbocycles. The molecule has 3 N–H and O–H groups in total. The summed E-state index contributed by atoms with van der Waals surface area (Å²) in [5.74, 6) is 0. The van der Waals surface area contributed by atoms with Crippen LogP contribution < -0.4 is 10.6 Å². The molecule has 2 aromatic heterocycles. The largest absolute Gasteiger partial charge is 0.417 e. The van der Waals surface area contributed by atoms with Gasteiger partial charge in [-0.15, -0.1) is 0 Å². The van der Waals surface area contributed by atoms with Crippen LogP contribution in [-0.2, 0) is 6.18 Å². The van der Waals surface area contributed by atoms with Gasteiger partial charge in [0.1, 0.15) is 0 Å². The van der Waals surface area contributed by atoms with Crippen molar-refractivity contribution in [1.82, 2.24) is 14.8 Å². The number of nitrogens with zero attached hydrogens (tertiary/aromatic N) is 2. The summed E-state index contributed by atoms with van der Waals surface area (Å²) in [6, 6.07) is 10.2. The molecule has 0 saturated carbocycles. The van der Waals surface area contributed by atoms with E-state index in [1.807, 2.05) is 42.8 Å². The molecule has 0 spiro atoms. The van der Waals surface area contributed by atoms with Gasteiger partial charge in [-0.1, -0.05) is 23.7 Å². The van der Waals surface area contributed by atoms with Crippen LogP contribution in [0.25, 0.3) is 22.2 Å². The van der Waals surface area contributed by atoms with Gasteiger partial charge < -0.3 is 15.6 Å². The van der Waals surface area contributed by atoms with Crippen molar-refractivity contribution in [3.63, 3.8) is 0 Å². The molecule has 32 heavy (non-hydrogen) atoms. The van der Waals surface area contributed by atoms with E-state index >= 15 is 0 Å². The fraction of sp³-hybridized carbons (Fsp3) is 0.182. The van der Waals surface area contributed by atoms with Gasteiger partial charge in [0.2, 0.25) is 0 Å². The third kappa shape index (κ3) is 4.16. The van der Waals surface area contributed by atoms with Crippen molar-refractivity contribution in [3.8, 4) is 11.3 Å². The third-order valence-electron chi connectivity index (χ3n) is 4.92. The lowest BCUT2D eigenvalue weighted by Crippen LogP contribution is -2.19. The van der Waals surface area contributed by atoms with Crippen molar-refractivity contribution >= 4 is 39.9 Å². The quantitative estimate of drug-likeness (QED) is 0.308. The average molecular weight is 462 g/mol. The molecule has 0 aliphatic heterocycles. The Labute approximate surface area is 186 Å². The number of hydrogen-bond donors (Lipinski definition) is 3. The van der Waals surface area contributed by atoms with Gasteiger partial charge in [-0.25, -0.2) is 4.79 Å². The highest BCUT2D eigenvalue weighted by Crippen LogP contribution is 2.37. The first-order valence-electron chi connectivity index (χ1n) is 9.74. The lowest BCUT2D eigenvalue weighted by Gasteiger charge is -2.14. The molecule has 0 aliphatic rings. The van der Waals surface area contributed by atoms with Gasteiger partial charge in [0.25, 0.3) is 0 Å². The molecule has 2 amide bonds. The second-order valence-corrected chi connectivity index (χ2v) is 7.86. The molecule has 2 aromatic carbocycles. The first-order chi connectivity index (χ1) is 15.1. The number of anilines is 2. The van der Waals surface area contributed by atoms with Crippen LogP contribution in [0.5, 0.6) is 0 Å². The SMILES string of the molecule is CC(C)n1nccc1-c1cccc2[nH]cc(NC(=O)Nc3ccc(C(F)(F)F)c(Cl)c3)c12. The zero-order chi connectivity index (χ0) is 23.0. The van der Waals surface area contributed by atoms with Crippen LogP contribution in [0.4, 0.5) is 29.3 Å². The van der Waals surface area contributed by atoms with Crippen LogP contribution in [0.15, 0.2) is 54.9 Å². The van der Waals surface area contributed by atoms with Crippen molar-refractivity contribution in [2.24, 2.45) is 0 Å². The predicted octanol–water partition coefficient (Wildman–Crippen LogP) is 6.93. The highest BCUT2D eigenvalue weighted by molar-refractivity contribution is 6.31. The van der Waals surface area contributed by atoms with Crippen LogP contribution in [0, 0.1) is 0 Å². The summed E-state index contributed by atoms with van der Waals surface area (Å²) in [7, 11) is 0. The van der Waals surface area contributed by atoms with Crippen LogP contribution >= 0.6 is 11.6 Å². The van der Waals surface area contributed by atoms with Gasteiger partial charge in [0.05, 0.1) is 22.0 Å². The van der Waals surface area contributed by atoms with Gasteiger partial charge in [0, 0.05) is 40.6 Å². The number of alkyl halides is 3. The molecule has 0 unspecified atom stereocenters. The van der Waals surface area contributed by atoms with Crippen LogP contribution in [0.1, 0.15) is 25.5 Å². The second kappa shape index (κ2) is 8.23. The minimum absolute atomic E-state index is 0.137. The van der Waals surface area contributed by atoms with E-state index in [1.54, 1.807) is 12.4 Å². The maximum atomic E-state index is 12.9. The van der Waals surface area contributed by atoms with E-state index in [1.165, 1.54) is 0 Å². The lowest BCUT2D eigenvalue weighted by molar-refractivity contribution is -0.137. The van der Waals surface area contributed by atoms with Crippen molar-refractivity contribution in [2.75, 3.05) is 10.6 Å². The molecule has 0 radical (unpaired) electrons. The van der Waals surface area contributed by atoms with E-state index in [-0.39, 0.29) is 11.7 Å². The standard InChI is InChI=1S/C22H19ClF3N5O/c1-12(2)31-19(8-9-28-31)14-4-3-5-17-20(14)18(11-27-17)30-21(32)29-13-6-7-15(16(23)10-13)22(24,25)26/h3-12,27H,1-2H3,(H2,29,30,32).